The lowest BCUT2D eigenvalue weighted by molar-refractivity contribution is -0.119. The van der Waals surface area contributed by atoms with Gasteiger partial charge in [-0.05, 0) is 36.4 Å². The van der Waals surface area contributed by atoms with Gasteiger partial charge in [0.1, 0.15) is 0 Å². The van der Waals surface area contributed by atoms with E-state index in [2.05, 4.69) is 5.32 Å². The molecule has 0 aliphatic carbocycles. The van der Waals surface area contributed by atoms with E-state index in [-0.39, 0.29) is 21.3 Å². The van der Waals surface area contributed by atoms with Crippen molar-refractivity contribution in [2.24, 2.45) is 5.73 Å². The molecule has 2 rings (SSSR count). The summed E-state index contributed by atoms with van der Waals surface area (Å²) >= 11 is 11.7. The van der Waals surface area contributed by atoms with E-state index in [1.54, 1.807) is 0 Å². The summed E-state index contributed by atoms with van der Waals surface area (Å²) < 4.78 is 4.89. The van der Waals surface area contributed by atoms with Crippen LogP contribution in [0.3, 0.4) is 0 Å². The van der Waals surface area contributed by atoms with Crippen molar-refractivity contribution < 1.29 is 19.1 Å². The number of halogens is 2. The summed E-state index contributed by atoms with van der Waals surface area (Å²) in [6.45, 7) is -0.542. The van der Waals surface area contributed by atoms with Crippen LogP contribution < -0.4 is 16.8 Å². The molecule has 0 aliphatic rings. The Morgan fingerprint density at radius 2 is 1.72 bits per heavy atom. The molecule has 0 saturated heterocycles. The van der Waals surface area contributed by atoms with Crippen LogP contribution in [-0.4, -0.2) is 24.4 Å². The molecule has 25 heavy (non-hydrogen) atoms. The third-order valence-corrected chi connectivity index (χ3v) is 3.63. The predicted octanol–water partition coefficient (Wildman–Crippen LogP) is 2.47. The number of carbonyl (C=O) groups is 3. The van der Waals surface area contributed by atoms with Gasteiger partial charge >= 0.3 is 5.97 Å². The van der Waals surface area contributed by atoms with Gasteiger partial charge in [-0.25, -0.2) is 4.79 Å². The molecule has 9 heteroatoms. The van der Waals surface area contributed by atoms with E-state index in [1.165, 1.54) is 36.4 Å². The largest absolute Gasteiger partial charge is 0.452 e. The topological polar surface area (TPSA) is 125 Å². The zero-order chi connectivity index (χ0) is 18.6. The molecule has 0 bridgehead atoms. The van der Waals surface area contributed by atoms with Gasteiger partial charge in [-0.3, -0.25) is 9.59 Å². The number of benzene rings is 2. The number of carbonyl (C=O) groups excluding carboxylic acids is 3. The summed E-state index contributed by atoms with van der Waals surface area (Å²) in [5, 5.41) is 2.82. The quantitative estimate of drug-likeness (QED) is 0.541. The standard InChI is InChI=1S/C16H13Cl2N3O4/c17-9-5-11(14(19)12(18)6-9)16(24)25-7-13(22)21-10-3-1-8(2-4-10)15(20)23/h1-6H,7,19H2,(H2,20,23)(H,21,22). The SMILES string of the molecule is NC(=O)c1ccc(NC(=O)COC(=O)c2cc(Cl)cc(Cl)c2N)cc1. The first-order chi connectivity index (χ1) is 11.8. The van der Waals surface area contributed by atoms with Gasteiger partial charge in [0.2, 0.25) is 5.91 Å². The first-order valence-electron chi connectivity index (χ1n) is 6.89. The number of ether oxygens (including phenoxy) is 1. The van der Waals surface area contributed by atoms with E-state index in [0.29, 0.717) is 11.3 Å². The molecule has 0 aliphatic heterocycles. The number of anilines is 2. The number of nitrogens with two attached hydrogens (primary N) is 2. The Balaban J connectivity index is 1.95. The monoisotopic (exact) mass is 381 g/mol. The normalized spacial score (nSPS) is 10.2. The van der Waals surface area contributed by atoms with E-state index in [4.69, 9.17) is 39.4 Å². The van der Waals surface area contributed by atoms with E-state index in [1.807, 2.05) is 0 Å². The minimum Gasteiger partial charge on any atom is -0.452 e. The molecule has 2 amide bonds. The molecular formula is C16H13Cl2N3O4. The average Bonchev–Trinajstić information content (AvgIpc) is 2.56. The number of rotatable bonds is 5. The number of hydrogen-bond acceptors (Lipinski definition) is 5. The molecule has 0 radical (unpaired) electrons. The third-order valence-electron chi connectivity index (χ3n) is 3.10. The second-order valence-electron chi connectivity index (χ2n) is 4.91. The molecule has 0 atom stereocenters. The highest BCUT2D eigenvalue weighted by molar-refractivity contribution is 6.37. The Morgan fingerprint density at radius 3 is 2.32 bits per heavy atom. The molecule has 0 heterocycles. The summed E-state index contributed by atoms with van der Waals surface area (Å²) in [4.78, 5) is 34.8. The fraction of sp³-hybridized carbons (Fsp3) is 0.0625. The molecule has 0 spiro atoms. The van der Waals surface area contributed by atoms with Crippen LogP contribution in [-0.2, 0) is 9.53 Å². The van der Waals surface area contributed by atoms with Crippen molar-refractivity contribution in [3.8, 4) is 0 Å². The number of primary amides is 1. The second kappa shape index (κ2) is 7.87. The van der Waals surface area contributed by atoms with Crippen molar-refractivity contribution in [2.45, 2.75) is 0 Å². The van der Waals surface area contributed by atoms with Crippen molar-refractivity contribution in [3.63, 3.8) is 0 Å². The maximum atomic E-state index is 12.0. The van der Waals surface area contributed by atoms with Crippen LogP contribution in [0, 0.1) is 0 Å². The van der Waals surface area contributed by atoms with Crippen molar-refractivity contribution >= 4 is 52.4 Å². The Labute approximate surface area is 152 Å². The number of amides is 2. The summed E-state index contributed by atoms with van der Waals surface area (Å²) in [7, 11) is 0. The third kappa shape index (κ3) is 4.85. The summed E-state index contributed by atoms with van der Waals surface area (Å²) in [5.74, 6) is -1.99. The van der Waals surface area contributed by atoms with Crippen LogP contribution in [0.1, 0.15) is 20.7 Å². The van der Waals surface area contributed by atoms with E-state index in [9.17, 15) is 14.4 Å². The first kappa shape index (κ1) is 18.6. The van der Waals surface area contributed by atoms with Crippen molar-refractivity contribution in [1.29, 1.82) is 0 Å². The summed E-state index contributed by atoms with van der Waals surface area (Å²) in [6.07, 6.45) is 0. The molecule has 0 saturated carbocycles. The Bertz CT molecular complexity index is 838. The molecule has 0 fully saturated rings. The van der Waals surface area contributed by atoms with E-state index >= 15 is 0 Å². The van der Waals surface area contributed by atoms with Crippen molar-refractivity contribution in [3.05, 3.63) is 57.6 Å². The lowest BCUT2D eigenvalue weighted by Crippen LogP contribution is -2.21. The molecule has 2 aromatic rings. The Hall–Kier alpha value is -2.77. The average molecular weight is 382 g/mol. The Kier molecular flexibility index (Phi) is 5.84. The number of nitrogen functional groups attached to an aromatic ring is 1. The molecule has 7 nitrogen and oxygen atoms in total. The minimum atomic E-state index is -0.832. The van der Waals surface area contributed by atoms with Gasteiger partial charge in [0, 0.05) is 16.3 Å². The number of hydrogen-bond donors (Lipinski definition) is 3. The van der Waals surface area contributed by atoms with Crippen LogP contribution in [0.5, 0.6) is 0 Å². The molecule has 2 aromatic carbocycles. The highest BCUT2D eigenvalue weighted by Crippen LogP contribution is 2.28. The molecule has 0 unspecified atom stereocenters. The van der Waals surface area contributed by atoms with Gasteiger partial charge in [-0.2, -0.15) is 0 Å². The fourth-order valence-corrected chi connectivity index (χ4v) is 2.37. The number of nitrogens with one attached hydrogen (secondary N) is 1. The van der Waals surface area contributed by atoms with Crippen LogP contribution in [0.15, 0.2) is 36.4 Å². The van der Waals surface area contributed by atoms with Gasteiger partial charge in [-0.15, -0.1) is 0 Å². The van der Waals surface area contributed by atoms with Crippen LogP contribution in [0.2, 0.25) is 10.0 Å². The Morgan fingerprint density at radius 1 is 1.08 bits per heavy atom. The van der Waals surface area contributed by atoms with Crippen LogP contribution in [0.4, 0.5) is 11.4 Å². The lowest BCUT2D eigenvalue weighted by atomic mass is 10.2. The molecule has 5 N–H and O–H groups in total. The van der Waals surface area contributed by atoms with Gasteiger partial charge in [0.05, 0.1) is 16.3 Å². The summed E-state index contributed by atoms with van der Waals surface area (Å²) in [6, 6.07) is 8.59. The lowest BCUT2D eigenvalue weighted by Gasteiger charge is -2.09. The van der Waals surface area contributed by atoms with E-state index < -0.39 is 24.4 Å². The summed E-state index contributed by atoms with van der Waals surface area (Å²) in [5.41, 5.74) is 11.5. The number of esters is 1. The van der Waals surface area contributed by atoms with Crippen molar-refractivity contribution in [2.75, 3.05) is 17.7 Å². The first-order valence-corrected chi connectivity index (χ1v) is 7.65. The second-order valence-corrected chi connectivity index (χ2v) is 5.76. The van der Waals surface area contributed by atoms with Gasteiger partial charge in [0.25, 0.3) is 5.91 Å². The minimum absolute atomic E-state index is 0.0125. The maximum Gasteiger partial charge on any atom is 0.340 e. The fourth-order valence-electron chi connectivity index (χ4n) is 1.88. The molecule has 0 aromatic heterocycles. The van der Waals surface area contributed by atoms with Crippen LogP contribution in [0.25, 0.3) is 0 Å². The van der Waals surface area contributed by atoms with Gasteiger partial charge in [-0.1, -0.05) is 23.2 Å². The predicted molar refractivity (Wildman–Crippen MR) is 94.7 cm³/mol. The molecular weight excluding hydrogens is 369 g/mol. The zero-order valence-corrected chi connectivity index (χ0v) is 14.2. The smallest absolute Gasteiger partial charge is 0.340 e. The zero-order valence-electron chi connectivity index (χ0n) is 12.7. The van der Waals surface area contributed by atoms with Crippen LogP contribution >= 0.6 is 23.2 Å². The van der Waals surface area contributed by atoms with Gasteiger partial charge in [0.15, 0.2) is 6.61 Å². The van der Waals surface area contributed by atoms with Crippen molar-refractivity contribution in [1.82, 2.24) is 0 Å². The molecule has 130 valence electrons. The highest BCUT2D eigenvalue weighted by Gasteiger charge is 2.16. The van der Waals surface area contributed by atoms with E-state index in [0.717, 1.165) is 0 Å². The van der Waals surface area contributed by atoms with Gasteiger partial charge < -0.3 is 21.5 Å². The highest BCUT2D eigenvalue weighted by atomic mass is 35.5. The maximum absolute atomic E-state index is 12.0.